The zero-order valence-corrected chi connectivity index (χ0v) is 12.4. The van der Waals surface area contributed by atoms with E-state index in [0.717, 1.165) is 58.9 Å². The third kappa shape index (κ3) is 4.16. The lowest BCUT2D eigenvalue weighted by Crippen LogP contribution is -2.53. The van der Waals surface area contributed by atoms with Gasteiger partial charge in [0.2, 0.25) is 5.91 Å². The molecule has 2 heterocycles. The first-order valence-corrected chi connectivity index (χ1v) is 7.65. The molecule has 0 saturated carbocycles. The summed E-state index contributed by atoms with van der Waals surface area (Å²) in [6.07, 6.45) is 0.677. The van der Waals surface area contributed by atoms with Crippen LogP contribution in [0.5, 0.6) is 0 Å². The van der Waals surface area contributed by atoms with Gasteiger partial charge in [0.15, 0.2) is 0 Å². The molecule has 0 bridgehead atoms. The van der Waals surface area contributed by atoms with Gasteiger partial charge in [-0.05, 0) is 13.5 Å². The van der Waals surface area contributed by atoms with Crippen LogP contribution in [0.3, 0.4) is 0 Å². The van der Waals surface area contributed by atoms with Crippen molar-refractivity contribution in [3.05, 3.63) is 0 Å². The van der Waals surface area contributed by atoms with E-state index in [0.29, 0.717) is 18.4 Å². The molecule has 2 fully saturated rings. The number of hydrogen-bond donors (Lipinski definition) is 1. The Hall–Kier alpha value is -0.650. The van der Waals surface area contributed by atoms with E-state index in [4.69, 9.17) is 0 Å². The fourth-order valence-corrected chi connectivity index (χ4v) is 2.94. The van der Waals surface area contributed by atoms with Crippen LogP contribution in [0.25, 0.3) is 0 Å². The lowest BCUT2D eigenvalue weighted by Gasteiger charge is -2.36. The Morgan fingerprint density at radius 1 is 1.16 bits per heavy atom. The smallest absolute Gasteiger partial charge is 0.224 e. The first kappa shape index (κ1) is 14.8. The molecule has 0 radical (unpaired) electrons. The van der Waals surface area contributed by atoms with Crippen molar-refractivity contribution in [2.75, 3.05) is 58.9 Å². The lowest BCUT2D eigenvalue weighted by molar-refractivity contribution is -0.134. The molecule has 5 nitrogen and oxygen atoms in total. The lowest BCUT2D eigenvalue weighted by atomic mass is 10.2. The molecule has 5 heteroatoms. The molecule has 0 aromatic carbocycles. The first-order valence-electron chi connectivity index (χ1n) is 7.65. The molecule has 110 valence electrons. The van der Waals surface area contributed by atoms with Gasteiger partial charge in [0.1, 0.15) is 0 Å². The number of hydrogen-bond acceptors (Lipinski definition) is 4. The monoisotopic (exact) mass is 268 g/mol. The van der Waals surface area contributed by atoms with E-state index >= 15 is 0 Å². The predicted molar refractivity (Wildman–Crippen MR) is 77.2 cm³/mol. The highest BCUT2D eigenvalue weighted by atomic mass is 16.2. The molecule has 0 aromatic heterocycles. The molecular formula is C14H28N4O. The van der Waals surface area contributed by atoms with Crippen molar-refractivity contribution in [2.24, 2.45) is 0 Å². The highest BCUT2D eigenvalue weighted by molar-refractivity contribution is 5.76. The summed E-state index contributed by atoms with van der Waals surface area (Å²) in [5, 5.41) is 3.33. The van der Waals surface area contributed by atoms with Crippen LogP contribution >= 0.6 is 0 Å². The van der Waals surface area contributed by atoms with Crippen molar-refractivity contribution < 1.29 is 4.79 Å². The molecule has 0 aliphatic carbocycles. The molecule has 1 atom stereocenters. The van der Waals surface area contributed by atoms with Gasteiger partial charge in [-0.3, -0.25) is 4.79 Å². The Bertz CT molecular complexity index is 289. The van der Waals surface area contributed by atoms with Crippen LogP contribution in [0.1, 0.15) is 20.3 Å². The van der Waals surface area contributed by atoms with Gasteiger partial charge in [-0.1, -0.05) is 6.92 Å². The van der Waals surface area contributed by atoms with E-state index in [2.05, 4.69) is 29.0 Å². The second-order valence-electron chi connectivity index (χ2n) is 5.67. The molecule has 1 N–H and O–H groups in total. The number of carbonyl (C=O) groups excluding carboxylic acids is 1. The van der Waals surface area contributed by atoms with Crippen molar-refractivity contribution >= 4 is 5.91 Å². The largest absolute Gasteiger partial charge is 0.337 e. The van der Waals surface area contributed by atoms with Crippen LogP contribution in [0.2, 0.25) is 0 Å². The average Bonchev–Trinajstić information content (AvgIpc) is 2.46. The molecule has 2 aliphatic rings. The summed E-state index contributed by atoms with van der Waals surface area (Å²) in [7, 11) is 0. The zero-order chi connectivity index (χ0) is 13.7. The Kier molecular flexibility index (Phi) is 5.60. The summed E-state index contributed by atoms with van der Waals surface area (Å²) >= 11 is 0. The molecule has 0 aromatic rings. The van der Waals surface area contributed by atoms with Crippen LogP contribution < -0.4 is 5.32 Å². The fourth-order valence-electron chi connectivity index (χ4n) is 2.94. The molecule has 19 heavy (non-hydrogen) atoms. The summed E-state index contributed by atoms with van der Waals surface area (Å²) in [5.74, 6) is 0.326. The normalized spacial score (nSPS) is 26.6. The Morgan fingerprint density at radius 3 is 2.47 bits per heavy atom. The van der Waals surface area contributed by atoms with E-state index < -0.39 is 0 Å². The summed E-state index contributed by atoms with van der Waals surface area (Å²) < 4.78 is 0. The van der Waals surface area contributed by atoms with Crippen LogP contribution in [-0.2, 0) is 4.79 Å². The maximum absolute atomic E-state index is 12.2. The number of likely N-dealkylation sites (N-methyl/N-ethyl adjacent to an activating group) is 1. The SMILES string of the molecule is CCN1CCN(CCC(=O)N2CCNC[C@@H]2C)CC1. The minimum Gasteiger partial charge on any atom is -0.337 e. The standard InChI is InChI=1S/C14H28N4O/c1-3-16-8-10-17(11-9-16)6-4-14(19)18-7-5-15-12-13(18)2/h13,15H,3-12H2,1-2H3/t13-/m0/s1. The predicted octanol–water partition coefficient (Wildman–Crippen LogP) is -0.166. The van der Waals surface area contributed by atoms with Gasteiger partial charge in [0.05, 0.1) is 0 Å². The molecule has 0 spiro atoms. The first-order chi connectivity index (χ1) is 9.20. The minimum absolute atomic E-state index is 0.326. The van der Waals surface area contributed by atoms with Crippen LogP contribution in [-0.4, -0.2) is 85.6 Å². The van der Waals surface area contributed by atoms with Crippen molar-refractivity contribution in [3.63, 3.8) is 0 Å². The van der Waals surface area contributed by atoms with Crippen LogP contribution in [0, 0.1) is 0 Å². The van der Waals surface area contributed by atoms with E-state index in [9.17, 15) is 4.79 Å². The van der Waals surface area contributed by atoms with Crippen molar-refractivity contribution in [1.82, 2.24) is 20.0 Å². The maximum atomic E-state index is 12.2. The number of piperazine rings is 2. The van der Waals surface area contributed by atoms with E-state index in [1.54, 1.807) is 0 Å². The topological polar surface area (TPSA) is 38.8 Å². The second-order valence-corrected chi connectivity index (χ2v) is 5.67. The van der Waals surface area contributed by atoms with E-state index in [1.165, 1.54) is 0 Å². The Balaban J connectivity index is 1.69. The molecule has 2 rings (SSSR count). The molecule has 2 saturated heterocycles. The van der Waals surface area contributed by atoms with Gasteiger partial charge in [-0.25, -0.2) is 0 Å². The molecule has 1 amide bonds. The highest BCUT2D eigenvalue weighted by Gasteiger charge is 2.23. The third-order valence-corrected chi connectivity index (χ3v) is 4.38. The summed E-state index contributed by atoms with van der Waals surface area (Å²) in [5.41, 5.74) is 0. The number of nitrogens with one attached hydrogen (secondary N) is 1. The van der Waals surface area contributed by atoms with Crippen LogP contribution in [0.4, 0.5) is 0 Å². The van der Waals surface area contributed by atoms with E-state index in [1.807, 2.05) is 4.90 Å². The number of rotatable bonds is 4. The number of nitrogens with zero attached hydrogens (tertiary/aromatic N) is 3. The van der Waals surface area contributed by atoms with Crippen molar-refractivity contribution in [2.45, 2.75) is 26.3 Å². The summed E-state index contributed by atoms with van der Waals surface area (Å²) in [6, 6.07) is 0.346. The van der Waals surface area contributed by atoms with Gasteiger partial charge in [-0.15, -0.1) is 0 Å². The van der Waals surface area contributed by atoms with Gasteiger partial charge in [-0.2, -0.15) is 0 Å². The number of carbonyl (C=O) groups is 1. The second kappa shape index (κ2) is 7.22. The van der Waals surface area contributed by atoms with Crippen molar-refractivity contribution in [1.29, 1.82) is 0 Å². The maximum Gasteiger partial charge on any atom is 0.224 e. The van der Waals surface area contributed by atoms with Crippen molar-refractivity contribution in [3.8, 4) is 0 Å². The average molecular weight is 268 g/mol. The minimum atomic E-state index is 0.326. The third-order valence-electron chi connectivity index (χ3n) is 4.38. The van der Waals surface area contributed by atoms with Gasteiger partial charge in [0, 0.05) is 64.8 Å². The molecule has 2 aliphatic heterocycles. The molecule has 0 unspecified atom stereocenters. The fraction of sp³-hybridized carbons (Fsp3) is 0.929. The Morgan fingerprint density at radius 2 is 1.84 bits per heavy atom. The van der Waals surface area contributed by atoms with E-state index in [-0.39, 0.29) is 0 Å². The molecular weight excluding hydrogens is 240 g/mol. The summed E-state index contributed by atoms with van der Waals surface area (Å²) in [4.78, 5) is 19.2. The Labute approximate surface area is 116 Å². The highest BCUT2D eigenvalue weighted by Crippen LogP contribution is 2.07. The summed E-state index contributed by atoms with van der Waals surface area (Å²) in [6.45, 7) is 13.7. The number of amides is 1. The van der Waals surface area contributed by atoms with Gasteiger partial charge < -0.3 is 20.0 Å². The van der Waals surface area contributed by atoms with Gasteiger partial charge >= 0.3 is 0 Å². The zero-order valence-electron chi connectivity index (χ0n) is 12.4. The quantitative estimate of drug-likeness (QED) is 0.769. The van der Waals surface area contributed by atoms with Crippen LogP contribution in [0.15, 0.2) is 0 Å². The van der Waals surface area contributed by atoms with Gasteiger partial charge in [0.25, 0.3) is 0 Å².